The number of carbonyl (C=O) groups excluding carboxylic acids is 2. The Balaban J connectivity index is 1.52. The van der Waals surface area contributed by atoms with Gasteiger partial charge >= 0.3 is 0 Å². The van der Waals surface area contributed by atoms with Gasteiger partial charge in [-0.3, -0.25) is 14.5 Å². The molecule has 0 aliphatic carbocycles. The Morgan fingerprint density at radius 1 is 1.03 bits per heavy atom. The quantitative estimate of drug-likeness (QED) is 0.628. The number of ether oxygens (including phenoxy) is 1. The highest BCUT2D eigenvalue weighted by atomic mass is 35.5. The van der Waals surface area contributed by atoms with Crippen LogP contribution in [0.3, 0.4) is 0 Å². The maximum absolute atomic E-state index is 14.0. The van der Waals surface area contributed by atoms with Crippen LogP contribution in [-0.2, 0) is 4.79 Å². The van der Waals surface area contributed by atoms with E-state index in [1.165, 1.54) is 6.07 Å². The maximum Gasteiger partial charge on any atom is 0.257 e. The number of para-hydroxylation sites is 1. The Labute approximate surface area is 197 Å². The van der Waals surface area contributed by atoms with Crippen LogP contribution >= 0.6 is 11.6 Å². The number of halogens is 3. The van der Waals surface area contributed by atoms with Gasteiger partial charge in [0.2, 0.25) is 5.91 Å². The third kappa shape index (κ3) is 6.42. The molecule has 178 valence electrons. The summed E-state index contributed by atoms with van der Waals surface area (Å²) in [5.74, 6) is -2.74. The summed E-state index contributed by atoms with van der Waals surface area (Å²) in [6.07, 6.45) is 0. The van der Waals surface area contributed by atoms with E-state index in [-0.39, 0.29) is 11.8 Å². The van der Waals surface area contributed by atoms with E-state index >= 15 is 0 Å². The van der Waals surface area contributed by atoms with E-state index in [1.807, 2.05) is 18.2 Å². The summed E-state index contributed by atoms with van der Waals surface area (Å²) < 4.78 is 33.7. The second-order valence-corrected chi connectivity index (χ2v) is 8.64. The first kappa shape index (κ1) is 24.9. The Bertz CT molecular complexity index is 961. The minimum absolute atomic E-state index is 0.252. The molecule has 6 nitrogen and oxygen atoms in total. The van der Waals surface area contributed by atoms with Crippen molar-refractivity contribution in [2.75, 3.05) is 39.3 Å². The smallest absolute Gasteiger partial charge is 0.257 e. The molecule has 33 heavy (non-hydrogen) atoms. The number of carbonyl (C=O) groups is 2. The minimum Gasteiger partial charge on any atom is -0.491 e. The second-order valence-electron chi connectivity index (χ2n) is 8.24. The molecule has 2 aromatic rings. The largest absolute Gasteiger partial charge is 0.491 e. The highest BCUT2D eigenvalue weighted by molar-refractivity contribution is 6.32. The molecule has 1 atom stereocenters. The Kier molecular flexibility index (Phi) is 8.63. The third-order valence-electron chi connectivity index (χ3n) is 5.59. The van der Waals surface area contributed by atoms with Crippen LogP contribution in [0.4, 0.5) is 8.78 Å². The topological polar surface area (TPSA) is 61.9 Å². The van der Waals surface area contributed by atoms with Crippen molar-refractivity contribution >= 4 is 23.4 Å². The molecule has 9 heteroatoms. The lowest BCUT2D eigenvalue weighted by Gasteiger charge is -2.37. The molecule has 1 N–H and O–H groups in total. The fourth-order valence-corrected chi connectivity index (χ4v) is 3.87. The number of benzene rings is 2. The van der Waals surface area contributed by atoms with Gasteiger partial charge < -0.3 is 15.0 Å². The molecule has 0 saturated carbocycles. The first-order valence-electron chi connectivity index (χ1n) is 10.9. The molecule has 1 unspecified atom stereocenters. The van der Waals surface area contributed by atoms with E-state index in [0.29, 0.717) is 50.1 Å². The van der Waals surface area contributed by atoms with Crippen molar-refractivity contribution in [3.05, 3.63) is 64.7 Å². The third-order valence-corrected chi connectivity index (χ3v) is 5.91. The molecule has 1 aliphatic heterocycles. The lowest BCUT2D eigenvalue weighted by Crippen LogP contribution is -2.56. The Hall–Kier alpha value is -2.71. The van der Waals surface area contributed by atoms with Crippen molar-refractivity contribution in [2.45, 2.75) is 19.9 Å². The van der Waals surface area contributed by atoms with Crippen LogP contribution in [0.1, 0.15) is 24.2 Å². The molecule has 1 saturated heterocycles. The van der Waals surface area contributed by atoms with Crippen molar-refractivity contribution in [3.63, 3.8) is 0 Å². The van der Waals surface area contributed by atoms with E-state index in [2.05, 4.69) is 10.2 Å². The summed E-state index contributed by atoms with van der Waals surface area (Å²) >= 11 is 6.09. The van der Waals surface area contributed by atoms with Gasteiger partial charge in [0.25, 0.3) is 5.91 Å². The summed E-state index contributed by atoms with van der Waals surface area (Å²) in [5, 5.41) is 3.08. The predicted octanol–water partition coefficient (Wildman–Crippen LogP) is 3.60. The molecule has 1 fully saturated rings. The van der Waals surface area contributed by atoms with Crippen molar-refractivity contribution in [3.8, 4) is 5.75 Å². The van der Waals surface area contributed by atoms with Crippen molar-refractivity contribution < 1.29 is 23.1 Å². The van der Waals surface area contributed by atoms with E-state index < -0.39 is 29.1 Å². The summed E-state index contributed by atoms with van der Waals surface area (Å²) in [5.41, 5.74) is -0.681. The van der Waals surface area contributed by atoms with Crippen LogP contribution in [0.25, 0.3) is 0 Å². The summed E-state index contributed by atoms with van der Waals surface area (Å²) in [6, 6.07) is 9.61. The molecule has 1 heterocycles. The van der Waals surface area contributed by atoms with E-state index in [1.54, 1.807) is 24.8 Å². The first-order chi connectivity index (χ1) is 15.8. The molecular formula is C24H28ClF2N3O3. The van der Waals surface area contributed by atoms with Gasteiger partial charge in [0, 0.05) is 32.7 Å². The normalized spacial score (nSPS) is 15.4. The van der Waals surface area contributed by atoms with Crippen molar-refractivity contribution in [1.82, 2.24) is 15.1 Å². The molecule has 0 radical (unpaired) electrons. The first-order valence-corrected chi connectivity index (χ1v) is 11.3. The van der Waals surface area contributed by atoms with Crippen LogP contribution in [0, 0.1) is 17.6 Å². The number of hydrogen-bond acceptors (Lipinski definition) is 4. The highest BCUT2D eigenvalue weighted by Gasteiger charge is 2.32. The second kappa shape index (κ2) is 11.4. The molecule has 1 aliphatic rings. The zero-order chi connectivity index (χ0) is 24.0. The van der Waals surface area contributed by atoms with Crippen LogP contribution in [0.2, 0.25) is 5.02 Å². The standard InChI is InChI=1S/C24H28ClF2N3O3/c1-16(2)22(28-23(31)21-18(26)7-5-8-19(21)27)24(32)30-12-10-29(11-13-30)14-15-33-20-9-4-3-6-17(20)25/h3-9,16,22H,10-15H2,1-2H3,(H,28,31). The Morgan fingerprint density at radius 3 is 2.27 bits per heavy atom. The number of rotatable bonds is 8. The van der Waals surface area contributed by atoms with Gasteiger partial charge in [-0.1, -0.05) is 43.6 Å². The van der Waals surface area contributed by atoms with E-state index in [0.717, 1.165) is 12.1 Å². The molecule has 2 aromatic carbocycles. The van der Waals surface area contributed by atoms with Crippen LogP contribution in [0.5, 0.6) is 5.75 Å². The van der Waals surface area contributed by atoms with Crippen molar-refractivity contribution in [2.24, 2.45) is 5.92 Å². The molecular weight excluding hydrogens is 452 g/mol. The zero-order valence-electron chi connectivity index (χ0n) is 18.7. The summed E-state index contributed by atoms with van der Waals surface area (Å²) in [4.78, 5) is 29.4. The number of nitrogens with one attached hydrogen (secondary N) is 1. The number of nitrogens with zero attached hydrogens (tertiary/aromatic N) is 2. The minimum atomic E-state index is -0.963. The maximum atomic E-state index is 14.0. The Morgan fingerprint density at radius 2 is 1.67 bits per heavy atom. The van der Waals surface area contributed by atoms with Gasteiger partial charge in [0.1, 0.15) is 35.6 Å². The number of hydrogen-bond donors (Lipinski definition) is 1. The summed E-state index contributed by atoms with van der Waals surface area (Å²) in [6.45, 7) is 6.99. The predicted molar refractivity (Wildman–Crippen MR) is 122 cm³/mol. The lowest BCUT2D eigenvalue weighted by atomic mass is 10.0. The fourth-order valence-electron chi connectivity index (χ4n) is 3.68. The van der Waals surface area contributed by atoms with E-state index in [4.69, 9.17) is 16.3 Å². The summed E-state index contributed by atoms with van der Waals surface area (Å²) in [7, 11) is 0. The SMILES string of the molecule is CC(C)C(NC(=O)c1c(F)cccc1F)C(=O)N1CCN(CCOc2ccccc2Cl)CC1. The fraction of sp³-hybridized carbons (Fsp3) is 0.417. The van der Waals surface area contributed by atoms with Crippen LogP contribution in [0.15, 0.2) is 42.5 Å². The lowest BCUT2D eigenvalue weighted by molar-refractivity contribution is -0.136. The molecule has 3 rings (SSSR count). The number of amides is 2. The molecule has 0 aromatic heterocycles. The number of piperazine rings is 1. The van der Waals surface area contributed by atoms with Gasteiger partial charge in [-0.05, 0) is 30.2 Å². The molecule has 2 amide bonds. The van der Waals surface area contributed by atoms with Gasteiger partial charge in [-0.25, -0.2) is 8.78 Å². The van der Waals surface area contributed by atoms with Gasteiger partial charge in [-0.2, -0.15) is 0 Å². The monoisotopic (exact) mass is 479 g/mol. The molecule has 0 bridgehead atoms. The molecule has 0 spiro atoms. The van der Waals surface area contributed by atoms with Gasteiger partial charge in [0.15, 0.2) is 0 Å². The van der Waals surface area contributed by atoms with Crippen LogP contribution < -0.4 is 10.1 Å². The van der Waals surface area contributed by atoms with Crippen LogP contribution in [-0.4, -0.2) is 67.0 Å². The van der Waals surface area contributed by atoms with Crippen molar-refractivity contribution in [1.29, 1.82) is 0 Å². The highest BCUT2D eigenvalue weighted by Crippen LogP contribution is 2.23. The van der Waals surface area contributed by atoms with Gasteiger partial charge in [0.05, 0.1) is 5.02 Å². The van der Waals surface area contributed by atoms with E-state index in [9.17, 15) is 18.4 Å². The average molecular weight is 480 g/mol. The average Bonchev–Trinajstić information content (AvgIpc) is 2.78. The zero-order valence-corrected chi connectivity index (χ0v) is 19.4. The van der Waals surface area contributed by atoms with Gasteiger partial charge in [-0.15, -0.1) is 0 Å².